The number of carbonyl (C=O) groups is 1. The van der Waals surface area contributed by atoms with E-state index in [-0.39, 0.29) is 22.7 Å². The second kappa shape index (κ2) is 6.44. The smallest absolute Gasteiger partial charge is 0.410 e. The van der Waals surface area contributed by atoms with Gasteiger partial charge in [0.1, 0.15) is 11.3 Å². The molecule has 1 aliphatic heterocycles. The van der Waals surface area contributed by atoms with Crippen LogP contribution in [0.3, 0.4) is 0 Å². The number of anilines is 1. The third kappa shape index (κ3) is 4.12. The van der Waals surface area contributed by atoms with Gasteiger partial charge in [-0.15, -0.1) is 0 Å². The lowest BCUT2D eigenvalue weighted by Crippen LogP contribution is -2.54. The van der Waals surface area contributed by atoms with Crippen molar-refractivity contribution in [2.24, 2.45) is 0 Å². The molecule has 1 saturated heterocycles. The van der Waals surface area contributed by atoms with Gasteiger partial charge >= 0.3 is 6.09 Å². The van der Waals surface area contributed by atoms with Crippen LogP contribution in [0.5, 0.6) is 0 Å². The van der Waals surface area contributed by atoms with Crippen LogP contribution in [-0.2, 0) is 4.74 Å². The Balaban J connectivity index is 2.11. The summed E-state index contributed by atoms with van der Waals surface area (Å²) in [5, 5.41) is 11.2. The molecule has 1 unspecified atom stereocenters. The molecular formula is C16H23N3O4. The molecule has 0 radical (unpaired) electrons. The Morgan fingerprint density at radius 3 is 2.52 bits per heavy atom. The molecule has 1 heterocycles. The molecule has 126 valence electrons. The van der Waals surface area contributed by atoms with Gasteiger partial charge in [-0.25, -0.2) is 4.79 Å². The number of piperazine rings is 1. The van der Waals surface area contributed by atoms with Crippen LogP contribution in [0.25, 0.3) is 0 Å². The molecule has 1 fully saturated rings. The van der Waals surface area contributed by atoms with E-state index in [2.05, 4.69) is 0 Å². The summed E-state index contributed by atoms with van der Waals surface area (Å²) in [4.78, 5) is 26.6. The highest BCUT2D eigenvalue weighted by Gasteiger charge is 2.32. The Morgan fingerprint density at radius 1 is 1.30 bits per heavy atom. The van der Waals surface area contributed by atoms with Crippen molar-refractivity contribution in [2.75, 3.05) is 24.5 Å². The van der Waals surface area contributed by atoms with Gasteiger partial charge in [-0.2, -0.15) is 0 Å². The van der Waals surface area contributed by atoms with Crippen molar-refractivity contribution in [2.45, 2.75) is 39.3 Å². The number of hydrogen-bond acceptors (Lipinski definition) is 5. The maximum absolute atomic E-state index is 12.2. The van der Waals surface area contributed by atoms with Crippen LogP contribution in [0.1, 0.15) is 27.7 Å². The standard InChI is InChI=1S/C16H23N3O4/c1-12-11-17(15(20)23-16(2,3)4)9-10-18(12)13-7-5-6-8-14(13)19(21)22/h5-8,12H,9-11H2,1-4H3. The van der Waals surface area contributed by atoms with Gasteiger partial charge in [0.25, 0.3) is 5.69 Å². The average molecular weight is 321 g/mol. The van der Waals surface area contributed by atoms with Gasteiger partial charge in [0.2, 0.25) is 0 Å². The minimum Gasteiger partial charge on any atom is -0.444 e. The van der Waals surface area contributed by atoms with Crippen LogP contribution in [0.4, 0.5) is 16.2 Å². The van der Waals surface area contributed by atoms with E-state index >= 15 is 0 Å². The number of carbonyl (C=O) groups excluding carboxylic acids is 1. The maximum atomic E-state index is 12.2. The predicted molar refractivity (Wildman–Crippen MR) is 87.7 cm³/mol. The molecule has 0 spiro atoms. The van der Waals surface area contributed by atoms with Gasteiger partial charge in [0.05, 0.1) is 4.92 Å². The highest BCUT2D eigenvalue weighted by atomic mass is 16.6. The van der Waals surface area contributed by atoms with E-state index in [1.807, 2.05) is 32.6 Å². The van der Waals surface area contributed by atoms with E-state index in [0.717, 1.165) is 0 Å². The van der Waals surface area contributed by atoms with E-state index in [4.69, 9.17) is 4.74 Å². The maximum Gasteiger partial charge on any atom is 0.410 e. The Hall–Kier alpha value is -2.31. The first-order valence-electron chi connectivity index (χ1n) is 7.67. The molecule has 0 bridgehead atoms. The number of nitro benzene ring substituents is 1. The zero-order valence-electron chi connectivity index (χ0n) is 14.0. The lowest BCUT2D eigenvalue weighted by molar-refractivity contribution is -0.384. The monoisotopic (exact) mass is 321 g/mol. The Bertz CT molecular complexity index is 597. The zero-order chi connectivity index (χ0) is 17.2. The molecular weight excluding hydrogens is 298 g/mol. The van der Waals surface area contributed by atoms with Gasteiger partial charge in [-0.3, -0.25) is 10.1 Å². The number of para-hydroxylation sites is 2. The molecule has 1 atom stereocenters. The molecule has 1 aromatic rings. The van der Waals surface area contributed by atoms with Crippen LogP contribution in [-0.4, -0.2) is 47.2 Å². The van der Waals surface area contributed by atoms with Gasteiger partial charge in [0.15, 0.2) is 0 Å². The number of rotatable bonds is 2. The van der Waals surface area contributed by atoms with Crippen LogP contribution in [0.2, 0.25) is 0 Å². The van der Waals surface area contributed by atoms with E-state index in [9.17, 15) is 14.9 Å². The lowest BCUT2D eigenvalue weighted by atomic mass is 10.1. The van der Waals surface area contributed by atoms with Crippen LogP contribution < -0.4 is 4.90 Å². The molecule has 23 heavy (non-hydrogen) atoms. The normalized spacial score (nSPS) is 18.7. The molecule has 7 heteroatoms. The van der Waals surface area contributed by atoms with Crippen molar-refractivity contribution in [3.05, 3.63) is 34.4 Å². The Morgan fingerprint density at radius 2 is 1.96 bits per heavy atom. The van der Waals surface area contributed by atoms with E-state index in [1.54, 1.807) is 23.1 Å². The second-order valence-corrected chi connectivity index (χ2v) is 6.71. The second-order valence-electron chi connectivity index (χ2n) is 6.71. The number of nitro groups is 1. The quantitative estimate of drug-likeness (QED) is 0.618. The van der Waals surface area contributed by atoms with E-state index < -0.39 is 5.60 Å². The van der Waals surface area contributed by atoms with Crippen molar-refractivity contribution >= 4 is 17.5 Å². The summed E-state index contributed by atoms with van der Waals surface area (Å²) in [6.07, 6.45) is -0.341. The fourth-order valence-electron chi connectivity index (χ4n) is 2.67. The van der Waals surface area contributed by atoms with Crippen molar-refractivity contribution in [3.8, 4) is 0 Å². The summed E-state index contributed by atoms with van der Waals surface area (Å²) in [6, 6.07) is 6.66. The molecule has 1 aromatic carbocycles. The summed E-state index contributed by atoms with van der Waals surface area (Å²) in [6.45, 7) is 8.93. The van der Waals surface area contributed by atoms with Crippen LogP contribution >= 0.6 is 0 Å². The predicted octanol–water partition coefficient (Wildman–Crippen LogP) is 3.04. The van der Waals surface area contributed by atoms with Gasteiger partial charge in [0, 0.05) is 31.7 Å². The fraction of sp³-hybridized carbons (Fsp3) is 0.562. The van der Waals surface area contributed by atoms with Crippen LogP contribution in [0, 0.1) is 10.1 Å². The molecule has 1 amide bonds. The highest BCUT2D eigenvalue weighted by Crippen LogP contribution is 2.30. The zero-order valence-corrected chi connectivity index (χ0v) is 14.0. The summed E-state index contributed by atoms with van der Waals surface area (Å²) < 4.78 is 5.39. The Labute approximate surface area is 136 Å². The first-order valence-corrected chi connectivity index (χ1v) is 7.67. The molecule has 1 aliphatic rings. The molecule has 0 aromatic heterocycles. The van der Waals surface area contributed by atoms with Crippen LogP contribution in [0.15, 0.2) is 24.3 Å². The minimum absolute atomic E-state index is 0.0302. The first kappa shape index (κ1) is 17.1. The van der Waals surface area contributed by atoms with Crippen molar-refractivity contribution in [1.82, 2.24) is 4.90 Å². The molecule has 2 rings (SSSR count). The van der Waals surface area contributed by atoms with Gasteiger partial charge < -0.3 is 14.5 Å². The summed E-state index contributed by atoms with van der Waals surface area (Å²) in [5.41, 5.74) is 0.147. The SMILES string of the molecule is CC1CN(C(=O)OC(C)(C)C)CCN1c1ccccc1[N+](=O)[O-]. The lowest BCUT2D eigenvalue weighted by Gasteiger charge is -2.41. The number of amides is 1. The van der Waals surface area contributed by atoms with Crippen molar-refractivity contribution in [1.29, 1.82) is 0 Å². The first-order chi connectivity index (χ1) is 10.7. The largest absolute Gasteiger partial charge is 0.444 e. The number of ether oxygens (including phenoxy) is 1. The number of nitrogens with zero attached hydrogens (tertiary/aromatic N) is 3. The third-order valence-corrected chi connectivity index (χ3v) is 3.67. The average Bonchev–Trinajstić information content (AvgIpc) is 2.45. The minimum atomic E-state index is -0.532. The summed E-state index contributed by atoms with van der Waals surface area (Å²) in [5.74, 6) is 0. The van der Waals surface area contributed by atoms with Crippen molar-refractivity contribution < 1.29 is 14.5 Å². The van der Waals surface area contributed by atoms with Gasteiger partial charge in [-0.1, -0.05) is 12.1 Å². The fourth-order valence-corrected chi connectivity index (χ4v) is 2.67. The third-order valence-electron chi connectivity index (χ3n) is 3.67. The Kier molecular flexibility index (Phi) is 4.77. The summed E-state index contributed by atoms with van der Waals surface area (Å²) >= 11 is 0. The van der Waals surface area contributed by atoms with Gasteiger partial charge in [-0.05, 0) is 33.8 Å². The topological polar surface area (TPSA) is 75.9 Å². The molecule has 0 saturated carbocycles. The molecule has 7 nitrogen and oxygen atoms in total. The van der Waals surface area contributed by atoms with Crippen molar-refractivity contribution in [3.63, 3.8) is 0 Å². The molecule has 0 aliphatic carbocycles. The molecule has 0 N–H and O–H groups in total. The van der Waals surface area contributed by atoms with E-state index in [1.165, 1.54) is 6.07 Å². The van der Waals surface area contributed by atoms with E-state index in [0.29, 0.717) is 25.3 Å². The number of hydrogen-bond donors (Lipinski definition) is 0. The number of benzene rings is 1. The highest BCUT2D eigenvalue weighted by molar-refractivity contribution is 5.70. The summed E-state index contributed by atoms with van der Waals surface area (Å²) in [7, 11) is 0.